The van der Waals surface area contributed by atoms with Gasteiger partial charge in [0, 0.05) is 29.2 Å². The standard InChI is InChI=1S/C26H41BrN2O2/c1-10-11-17-14-29(24(28-27)22(17)16(2)3)15-21(30)18-12-19(25(4,5)6)23(31)20(13-18)26(7,8)9/h12-13,16-17,22,31H,10-11,14-15H2,1-9H3/b28-24-/t17-,22+/m0/s1. The smallest absolute Gasteiger partial charge is 0.182 e. The molecule has 0 aromatic heterocycles. The largest absolute Gasteiger partial charge is 0.507 e. The van der Waals surface area contributed by atoms with Gasteiger partial charge in [0.2, 0.25) is 0 Å². The summed E-state index contributed by atoms with van der Waals surface area (Å²) in [5.41, 5.74) is 1.80. The van der Waals surface area contributed by atoms with Crippen LogP contribution in [0.1, 0.15) is 96.6 Å². The monoisotopic (exact) mass is 492 g/mol. The van der Waals surface area contributed by atoms with Crippen LogP contribution in [0.25, 0.3) is 0 Å². The van der Waals surface area contributed by atoms with Gasteiger partial charge in [-0.05, 0) is 41.2 Å². The first-order valence-corrected chi connectivity index (χ1v) is 12.3. The van der Waals surface area contributed by atoms with Gasteiger partial charge in [-0.25, -0.2) is 0 Å². The van der Waals surface area contributed by atoms with Crippen molar-refractivity contribution >= 4 is 27.8 Å². The molecule has 0 aliphatic carbocycles. The Bertz CT molecular complexity index is 796. The molecule has 1 fully saturated rings. The predicted molar refractivity (Wildman–Crippen MR) is 134 cm³/mol. The maximum absolute atomic E-state index is 13.5. The van der Waals surface area contributed by atoms with E-state index in [0.29, 0.717) is 35.6 Å². The van der Waals surface area contributed by atoms with E-state index >= 15 is 0 Å². The summed E-state index contributed by atoms with van der Waals surface area (Å²) in [5.74, 6) is 2.73. The zero-order valence-electron chi connectivity index (χ0n) is 20.8. The fourth-order valence-corrected chi connectivity index (χ4v) is 5.32. The van der Waals surface area contributed by atoms with E-state index in [-0.39, 0.29) is 16.6 Å². The average Bonchev–Trinajstić information content (AvgIpc) is 2.97. The summed E-state index contributed by atoms with van der Waals surface area (Å²) in [6.07, 6.45) is 2.27. The van der Waals surface area contributed by atoms with Crippen molar-refractivity contribution < 1.29 is 9.90 Å². The van der Waals surface area contributed by atoms with Gasteiger partial charge in [-0.15, -0.1) is 0 Å². The van der Waals surface area contributed by atoms with Crippen LogP contribution in [0.3, 0.4) is 0 Å². The quantitative estimate of drug-likeness (QED) is 0.440. The minimum Gasteiger partial charge on any atom is -0.507 e. The van der Waals surface area contributed by atoms with Crippen LogP contribution < -0.4 is 0 Å². The van der Waals surface area contributed by atoms with Crippen LogP contribution in [0.5, 0.6) is 5.75 Å². The molecule has 0 unspecified atom stereocenters. The lowest BCUT2D eigenvalue weighted by Crippen LogP contribution is -2.34. The second kappa shape index (κ2) is 9.64. The molecular formula is C26H41BrN2O2. The highest BCUT2D eigenvalue weighted by Gasteiger charge is 2.40. The zero-order valence-corrected chi connectivity index (χ0v) is 22.4. The maximum atomic E-state index is 13.5. The number of amidine groups is 1. The van der Waals surface area contributed by atoms with E-state index < -0.39 is 0 Å². The Kier molecular flexibility index (Phi) is 8.05. The summed E-state index contributed by atoms with van der Waals surface area (Å²) in [4.78, 5) is 15.6. The van der Waals surface area contributed by atoms with Gasteiger partial charge in [0.15, 0.2) is 5.78 Å². The predicted octanol–water partition coefficient (Wildman–Crippen LogP) is 6.88. The van der Waals surface area contributed by atoms with Crippen LogP contribution in [0.15, 0.2) is 16.2 Å². The van der Waals surface area contributed by atoms with Crippen LogP contribution in [0.2, 0.25) is 0 Å². The number of hydrogen-bond acceptors (Lipinski definition) is 3. The molecule has 0 amide bonds. The van der Waals surface area contributed by atoms with Gasteiger partial charge in [0.25, 0.3) is 0 Å². The van der Waals surface area contributed by atoms with E-state index in [1.165, 1.54) is 0 Å². The number of aromatic hydroxyl groups is 1. The van der Waals surface area contributed by atoms with Crippen molar-refractivity contribution in [2.75, 3.05) is 13.1 Å². The maximum Gasteiger partial charge on any atom is 0.182 e. The Hall–Kier alpha value is -1.36. The number of phenols is 1. The molecule has 1 aliphatic heterocycles. The Morgan fingerprint density at radius 2 is 1.68 bits per heavy atom. The Morgan fingerprint density at radius 3 is 2.06 bits per heavy atom. The van der Waals surface area contributed by atoms with Crippen molar-refractivity contribution in [1.29, 1.82) is 0 Å². The van der Waals surface area contributed by atoms with Gasteiger partial charge in [-0.2, -0.15) is 4.02 Å². The van der Waals surface area contributed by atoms with Crippen molar-refractivity contribution in [2.45, 2.75) is 86.0 Å². The van der Waals surface area contributed by atoms with E-state index in [0.717, 1.165) is 36.3 Å². The second-order valence-corrected chi connectivity index (χ2v) is 11.8. The van der Waals surface area contributed by atoms with Crippen LogP contribution in [-0.4, -0.2) is 34.7 Å². The third kappa shape index (κ3) is 5.71. The molecular weight excluding hydrogens is 452 g/mol. The summed E-state index contributed by atoms with van der Waals surface area (Å²) in [6.45, 7) is 20.3. The lowest BCUT2D eigenvalue weighted by Gasteiger charge is -2.28. The van der Waals surface area contributed by atoms with Crippen molar-refractivity contribution in [2.24, 2.45) is 21.8 Å². The van der Waals surface area contributed by atoms with E-state index in [1.807, 2.05) is 12.1 Å². The molecule has 1 saturated heterocycles. The highest BCUT2D eigenvalue weighted by Crippen LogP contribution is 2.40. The molecule has 4 nitrogen and oxygen atoms in total. The van der Waals surface area contributed by atoms with Crippen LogP contribution in [0, 0.1) is 17.8 Å². The summed E-state index contributed by atoms with van der Waals surface area (Å²) in [7, 11) is 0. The first-order valence-electron chi connectivity index (χ1n) is 11.6. The number of ketones is 1. The highest BCUT2D eigenvalue weighted by atomic mass is 79.9. The lowest BCUT2D eigenvalue weighted by atomic mass is 9.78. The van der Waals surface area contributed by atoms with Gasteiger partial charge < -0.3 is 10.0 Å². The molecule has 174 valence electrons. The normalized spacial score (nSPS) is 21.4. The van der Waals surface area contributed by atoms with Gasteiger partial charge >= 0.3 is 0 Å². The number of phenolic OH excluding ortho intramolecular Hbond substituents is 1. The molecule has 0 spiro atoms. The minimum atomic E-state index is -0.258. The first kappa shape index (κ1) is 25.9. The number of carbonyl (C=O) groups is 1. The van der Waals surface area contributed by atoms with Crippen molar-refractivity contribution in [3.8, 4) is 5.75 Å². The molecule has 2 atom stereocenters. The van der Waals surface area contributed by atoms with Crippen LogP contribution in [0.4, 0.5) is 0 Å². The Morgan fingerprint density at radius 1 is 1.16 bits per heavy atom. The fraction of sp³-hybridized carbons (Fsp3) is 0.692. The molecule has 0 saturated carbocycles. The molecule has 0 radical (unpaired) electrons. The molecule has 5 heteroatoms. The van der Waals surface area contributed by atoms with E-state index in [4.69, 9.17) is 0 Å². The average molecular weight is 494 g/mol. The minimum absolute atomic E-state index is 0.0734. The number of benzene rings is 1. The molecule has 1 aromatic carbocycles. The van der Waals surface area contributed by atoms with Crippen LogP contribution >= 0.6 is 16.1 Å². The summed E-state index contributed by atoms with van der Waals surface area (Å²) in [6, 6.07) is 3.77. The van der Waals surface area contributed by atoms with Gasteiger partial charge in [-0.3, -0.25) is 4.79 Å². The molecule has 0 bridgehead atoms. The Labute approximate surface area is 197 Å². The Balaban J connectivity index is 2.43. The van der Waals surface area contributed by atoms with Crippen molar-refractivity contribution in [1.82, 2.24) is 4.90 Å². The molecule has 1 aromatic rings. The molecule has 31 heavy (non-hydrogen) atoms. The zero-order chi connectivity index (χ0) is 23.7. The van der Waals surface area contributed by atoms with Gasteiger partial charge in [-0.1, -0.05) is 68.7 Å². The van der Waals surface area contributed by atoms with E-state index in [9.17, 15) is 9.90 Å². The molecule has 1 N–H and O–H groups in total. The van der Waals surface area contributed by atoms with Crippen molar-refractivity contribution in [3.05, 3.63) is 28.8 Å². The first-order chi connectivity index (χ1) is 14.2. The van der Waals surface area contributed by atoms with E-state index in [1.54, 1.807) is 0 Å². The lowest BCUT2D eigenvalue weighted by molar-refractivity contribution is 0.0963. The topological polar surface area (TPSA) is 52.9 Å². The summed E-state index contributed by atoms with van der Waals surface area (Å²) in [5, 5.41) is 11.0. The number of halogens is 1. The van der Waals surface area contributed by atoms with Crippen LogP contribution in [-0.2, 0) is 10.8 Å². The number of nitrogens with zero attached hydrogens (tertiary/aromatic N) is 2. The van der Waals surface area contributed by atoms with Gasteiger partial charge in [0.1, 0.15) is 11.6 Å². The van der Waals surface area contributed by atoms with Crippen molar-refractivity contribution in [3.63, 3.8) is 0 Å². The number of rotatable bonds is 6. The third-order valence-electron chi connectivity index (χ3n) is 6.43. The van der Waals surface area contributed by atoms with E-state index in [2.05, 4.69) is 87.4 Å². The number of carbonyl (C=O) groups excluding carboxylic acids is 1. The number of likely N-dealkylation sites (tertiary alicyclic amines) is 1. The summed E-state index contributed by atoms with van der Waals surface area (Å²) < 4.78 is 4.44. The molecule has 1 aliphatic rings. The SMILES string of the molecule is CCC[C@H]1CN(CC(=O)c2cc(C(C)(C)C)c(O)c(C(C)(C)C)c2)/C(=N\Br)[C@@H]1C(C)C. The number of Topliss-reactive ketones (excluding diaryl/α,β-unsaturated/α-hetero) is 1. The fourth-order valence-electron chi connectivity index (χ4n) is 4.85. The molecule has 1 heterocycles. The highest BCUT2D eigenvalue weighted by molar-refractivity contribution is 9.08. The summed E-state index contributed by atoms with van der Waals surface area (Å²) >= 11 is 3.34. The third-order valence-corrected chi connectivity index (χ3v) is 6.79. The number of hydrogen-bond donors (Lipinski definition) is 1. The molecule has 2 rings (SSSR count). The van der Waals surface area contributed by atoms with Gasteiger partial charge in [0.05, 0.1) is 22.7 Å². The second-order valence-electron chi connectivity index (χ2n) is 11.5.